The van der Waals surface area contributed by atoms with Gasteiger partial charge in [0.05, 0.1) is 17.2 Å². The Morgan fingerprint density at radius 3 is 2.73 bits per heavy atom. The summed E-state index contributed by atoms with van der Waals surface area (Å²) in [5.74, 6) is -0.950. The van der Waals surface area contributed by atoms with E-state index in [1.54, 1.807) is 11.8 Å². The summed E-state index contributed by atoms with van der Waals surface area (Å²) in [4.78, 5) is 24.9. The highest BCUT2D eigenvalue weighted by Crippen LogP contribution is 2.37. The van der Waals surface area contributed by atoms with E-state index in [0.29, 0.717) is 32.5 Å². The third kappa shape index (κ3) is 3.28. The molecular formula is C16H19NO4S. The van der Waals surface area contributed by atoms with Crippen molar-refractivity contribution in [2.45, 2.75) is 41.4 Å². The largest absolute Gasteiger partial charge is 0.481 e. The van der Waals surface area contributed by atoms with Gasteiger partial charge in [-0.1, -0.05) is 18.2 Å². The molecule has 22 heavy (non-hydrogen) atoms. The van der Waals surface area contributed by atoms with Gasteiger partial charge in [-0.15, -0.1) is 11.8 Å². The number of aliphatic carboxylic acids is 1. The van der Waals surface area contributed by atoms with Gasteiger partial charge in [-0.2, -0.15) is 0 Å². The van der Waals surface area contributed by atoms with Crippen LogP contribution < -0.4 is 5.32 Å². The first-order chi connectivity index (χ1) is 10.6. The number of carboxylic acid groups (broad SMARTS) is 1. The van der Waals surface area contributed by atoms with E-state index in [2.05, 4.69) is 5.32 Å². The van der Waals surface area contributed by atoms with Crippen molar-refractivity contribution in [1.82, 2.24) is 5.32 Å². The maximum Gasteiger partial charge on any atom is 0.305 e. The van der Waals surface area contributed by atoms with E-state index in [-0.39, 0.29) is 17.6 Å². The second kappa shape index (κ2) is 6.30. The highest BCUT2D eigenvalue weighted by atomic mass is 32.2. The van der Waals surface area contributed by atoms with Crippen molar-refractivity contribution in [3.05, 3.63) is 29.8 Å². The molecule has 3 rings (SSSR count). The van der Waals surface area contributed by atoms with Crippen LogP contribution in [0.3, 0.4) is 0 Å². The Bertz CT molecular complexity index is 558. The van der Waals surface area contributed by atoms with E-state index in [0.717, 1.165) is 4.90 Å². The summed E-state index contributed by atoms with van der Waals surface area (Å²) < 4.78 is 5.31. The van der Waals surface area contributed by atoms with Crippen LogP contribution in [0.1, 0.15) is 24.8 Å². The van der Waals surface area contributed by atoms with Gasteiger partial charge in [0.2, 0.25) is 5.91 Å². The summed E-state index contributed by atoms with van der Waals surface area (Å²) in [7, 11) is 0. The number of fused-ring (bicyclic) bond motifs is 1. The van der Waals surface area contributed by atoms with Crippen molar-refractivity contribution < 1.29 is 19.4 Å². The lowest BCUT2D eigenvalue weighted by molar-refractivity contribution is -0.140. The quantitative estimate of drug-likeness (QED) is 0.885. The molecule has 2 aliphatic heterocycles. The maximum absolute atomic E-state index is 12.6. The number of hydrogen-bond donors (Lipinski definition) is 2. The molecule has 0 spiro atoms. The summed E-state index contributed by atoms with van der Waals surface area (Å²) >= 11 is 1.56. The first-order valence-electron chi connectivity index (χ1n) is 7.44. The monoisotopic (exact) mass is 321 g/mol. The number of rotatable bonds is 4. The molecule has 0 radical (unpaired) electrons. The Kier molecular flexibility index (Phi) is 4.40. The molecule has 1 aromatic carbocycles. The average molecular weight is 321 g/mol. The van der Waals surface area contributed by atoms with Crippen LogP contribution in [0.25, 0.3) is 0 Å². The highest BCUT2D eigenvalue weighted by Gasteiger charge is 2.39. The SMILES string of the molecule is O=C(O)CC1(NC(=O)C2Cc3ccccc3S2)CCOCC1. The van der Waals surface area contributed by atoms with Crippen LogP contribution in [0.15, 0.2) is 29.2 Å². The fourth-order valence-corrected chi connectivity index (χ4v) is 4.26. The van der Waals surface area contributed by atoms with Crippen LogP contribution >= 0.6 is 11.8 Å². The normalized spacial score (nSPS) is 22.8. The molecule has 0 aromatic heterocycles. The van der Waals surface area contributed by atoms with Crippen molar-refractivity contribution in [3.63, 3.8) is 0 Å². The highest BCUT2D eigenvalue weighted by molar-refractivity contribution is 8.01. The third-order valence-corrected chi connectivity index (χ3v) is 5.58. The number of hydrogen-bond acceptors (Lipinski definition) is 4. The molecule has 1 amide bonds. The molecule has 2 aliphatic rings. The van der Waals surface area contributed by atoms with Crippen LogP contribution in [0, 0.1) is 0 Å². The van der Waals surface area contributed by atoms with E-state index in [1.165, 1.54) is 5.56 Å². The van der Waals surface area contributed by atoms with Crippen molar-refractivity contribution in [3.8, 4) is 0 Å². The van der Waals surface area contributed by atoms with Crippen LogP contribution in [-0.2, 0) is 20.7 Å². The number of carbonyl (C=O) groups excluding carboxylic acids is 1. The maximum atomic E-state index is 12.6. The second-order valence-corrected chi connectivity index (χ2v) is 7.12. The number of amides is 1. The number of thioether (sulfide) groups is 1. The van der Waals surface area contributed by atoms with Gasteiger partial charge in [0.25, 0.3) is 0 Å². The van der Waals surface area contributed by atoms with Crippen LogP contribution in [0.2, 0.25) is 0 Å². The molecule has 6 heteroatoms. The van der Waals surface area contributed by atoms with Gasteiger partial charge in [-0.3, -0.25) is 9.59 Å². The summed E-state index contributed by atoms with van der Waals surface area (Å²) in [5.41, 5.74) is 0.517. The Labute approximate surface area is 133 Å². The summed E-state index contributed by atoms with van der Waals surface area (Å²) in [5, 5.41) is 12.0. The molecular weight excluding hydrogens is 302 g/mol. The molecule has 0 bridgehead atoms. The molecule has 0 aliphatic carbocycles. The average Bonchev–Trinajstić information content (AvgIpc) is 2.91. The van der Waals surface area contributed by atoms with Gasteiger partial charge in [-0.05, 0) is 30.9 Å². The Morgan fingerprint density at radius 1 is 1.32 bits per heavy atom. The molecule has 118 valence electrons. The smallest absolute Gasteiger partial charge is 0.305 e. The first kappa shape index (κ1) is 15.4. The van der Waals surface area contributed by atoms with Gasteiger partial charge in [-0.25, -0.2) is 0 Å². The van der Waals surface area contributed by atoms with E-state index in [1.807, 2.05) is 24.3 Å². The molecule has 2 N–H and O–H groups in total. The van der Waals surface area contributed by atoms with E-state index < -0.39 is 11.5 Å². The molecule has 5 nitrogen and oxygen atoms in total. The minimum Gasteiger partial charge on any atom is -0.481 e. The van der Waals surface area contributed by atoms with Gasteiger partial charge in [0.15, 0.2) is 0 Å². The van der Waals surface area contributed by atoms with E-state index in [9.17, 15) is 9.59 Å². The van der Waals surface area contributed by atoms with Crippen molar-refractivity contribution in [2.75, 3.05) is 13.2 Å². The first-order valence-corrected chi connectivity index (χ1v) is 8.32. The van der Waals surface area contributed by atoms with E-state index >= 15 is 0 Å². The van der Waals surface area contributed by atoms with Gasteiger partial charge >= 0.3 is 5.97 Å². The van der Waals surface area contributed by atoms with Crippen LogP contribution in [0.4, 0.5) is 0 Å². The van der Waals surface area contributed by atoms with Crippen molar-refractivity contribution >= 4 is 23.6 Å². The lowest BCUT2D eigenvalue weighted by atomic mass is 9.86. The molecule has 0 saturated carbocycles. The fraction of sp³-hybridized carbons (Fsp3) is 0.500. The van der Waals surface area contributed by atoms with Gasteiger partial charge < -0.3 is 15.2 Å². The zero-order valence-corrected chi connectivity index (χ0v) is 13.0. The van der Waals surface area contributed by atoms with Gasteiger partial charge in [0, 0.05) is 18.1 Å². The molecule has 1 fully saturated rings. The Morgan fingerprint density at radius 2 is 2.05 bits per heavy atom. The molecule has 1 unspecified atom stereocenters. The number of benzene rings is 1. The molecule has 2 heterocycles. The number of carbonyl (C=O) groups is 2. The summed E-state index contributed by atoms with van der Waals surface area (Å²) in [6.45, 7) is 0.983. The van der Waals surface area contributed by atoms with Crippen molar-refractivity contribution in [1.29, 1.82) is 0 Å². The lowest BCUT2D eigenvalue weighted by Crippen LogP contribution is -2.55. The van der Waals surface area contributed by atoms with Gasteiger partial charge in [0.1, 0.15) is 0 Å². The van der Waals surface area contributed by atoms with Crippen molar-refractivity contribution in [2.24, 2.45) is 0 Å². The lowest BCUT2D eigenvalue weighted by Gasteiger charge is -2.37. The third-order valence-electron chi connectivity index (χ3n) is 4.27. The van der Waals surface area contributed by atoms with Crippen LogP contribution in [0.5, 0.6) is 0 Å². The predicted octanol–water partition coefficient (Wildman–Crippen LogP) is 1.84. The zero-order chi connectivity index (χ0) is 15.6. The standard InChI is InChI=1S/C16H19NO4S/c18-14(19)10-16(5-7-21-8-6-16)17-15(20)13-9-11-3-1-2-4-12(11)22-13/h1-4,13H,5-10H2,(H,17,20)(H,18,19). The number of carboxylic acids is 1. The summed E-state index contributed by atoms with van der Waals surface area (Å²) in [6.07, 6.45) is 1.75. The molecule has 1 saturated heterocycles. The zero-order valence-electron chi connectivity index (χ0n) is 12.2. The Hall–Kier alpha value is -1.53. The second-order valence-electron chi connectivity index (χ2n) is 5.87. The topological polar surface area (TPSA) is 75.6 Å². The minimum atomic E-state index is -0.885. The molecule has 1 aromatic rings. The Balaban J connectivity index is 1.68. The fourth-order valence-electron chi connectivity index (χ4n) is 3.07. The number of nitrogens with one attached hydrogen (secondary N) is 1. The molecule has 1 atom stereocenters. The number of ether oxygens (including phenoxy) is 1. The van der Waals surface area contributed by atoms with E-state index in [4.69, 9.17) is 9.84 Å². The summed E-state index contributed by atoms with van der Waals surface area (Å²) in [6, 6.07) is 8.01. The predicted molar refractivity (Wildman–Crippen MR) is 83.0 cm³/mol. The minimum absolute atomic E-state index is 0.0492. The van der Waals surface area contributed by atoms with Crippen LogP contribution in [-0.4, -0.2) is 41.0 Å².